The van der Waals surface area contributed by atoms with Gasteiger partial charge < -0.3 is 15.4 Å². The molecule has 0 aromatic rings. The Morgan fingerprint density at radius 3 is 2.79 bits per heavy atom. The highest BCUT2D eigenvalue weighted by Crippen LogP contribution is 2.14. The van der Waals surface area contributed by atoms with Crippen LogP contribution in [0.1, 0.15) is 33.1 Å². The summed E-state index contributed by atoms with van der Waals surface area (Å²) in [6.07, 6.45) is 4.16. The maximum atomic E-state index is 5.56. The summed E-state index contributed by atoms with van der Waals surface area (Å²) in [4.78, 5) is 0. The third-order valence-corrected chi connectivity index (χ3v) is 2.91. The van der Waals surface area contributed by atoms with E-state index in [1.165, 1.54) is 12.8 Å². The zero-order chi connectivity index (χ0) is 10.4. The van der Waals surface area contributed by atoms with E-state index >= 15 is 0 Å². The van der Waals surface area contributed by atoms with Crippen molar-refractivity contribution < 1.29 is 4.74 Å². The molecule has 84 valence electrons. The second-order valence-electron chi connectivity index (χ2n) is 4.73. The fourth-order valence-corrected chi connectivity index (χ4v) is 1.62. The summed E-state index contributed by atoms with van der Waals surface area (Å²) < 4.78 is 5.56. The lowest BCUT2D eigenvalue weighted by atomic mass is 10.1. The predicted octanol–water partition coefficient (Wildman–Crippen LogP) is 1.14. The van der Waals surface area contributed by atoms with Gasteiger partial charge in [0.05, 0.1) is 6.10 Å². The van der Waals surface area contributed by atoms with Crippen LogP contribution >= 0.6 is 0 Å². The Labute approximate surface area is 87.6 Å². The predicted molar refractivity (Wildman–Crippen MR) is 59.6 cm³/mol. The minimum atomic E-state index is 0.191. The van der Waals surface area contributed by atoms with Crippen LogP contribution in [0.2, 0.25) is 0 Å². The summed E-state index contributed by atoms with van der Waals surface area (Å²) in [5.74, 6) is 0. The molecule has 1 saturated heterocycles. The molecule has 0 aliphatic carbocycles. The molecule has 14 heavy (non-hydrogen) atoms. The maximum absolute atomic E-state index is 5.56. The van der Waals surface area contributed by atoms with Crippen LogP contribution < -0.4 is 10.6 Å². The van der Waals surface area contributed by atoms with Crippen molar-refractivity contribution in [2.45, 2.75) is 44.8 Å². The van der Waals surface area contributed by atoms with Crippen LogP contribution in [-0.2, 0) is 4.74 Å². The molecule has 0 saturated carbocycles. The summed E-state index contributed by atoms with van der Waals surface area (Å²) in [5, 5.41) is 6.74. The Bertz CT molecular complexity index is 153. The van der Waals surface area contributed by atoms with Crippen molar-refractivity contribution in [1.82, 2.24) is 10.6 Å². The van der Waals surface area contributed by atoms with Gasteiger partial charge >= 0.3 is 0 Å². The minimum absolute atomic E-state index is 0.191. The van der Waals surface area contributed by atoms with Crippen molar-refractivity contribution in [1.29, 1.82) is 0 Å². The summed E-state index contributed by atoms with van der Waals surface area (Å²) in [6, 6.07) is 0. The molecular formula is C11H24N2O. The average Bonchev–Trinajstić information content (AvgIpc) is 2.65. The minimum Gasteiger partial charge on any atom is -0.378 e. The zero-order valence-corrected chi connectivity index (χ0v) is 9.73. The van der Waals surface area contributed by atoms with Crippen LogP contribution in [0.5, 0.6) is 0 Å². The molecule has 0 spiro atoms. The molecule has 0 aromatic heterocycles. The van der Waals surface area contributed by atoms with Crippen molar-refractivity contribution in [2.75, 3.05) is 26.7 Å². The SMILES string of the molecule is CNC(C)(C)CNCCC1CCCO1. The fraction of sp³-hybridized carbons (Fsp3) is 1.00. The van der Waals surface area contributed by atoms with E-state index < -0.39 is 0 Å². The van der Waals surface area contributed by atoms with Crippen LogP contribution in [0.3, 0.4) is 0 Å². The molecular weight excluding hydrogens is 176 g/mol. The van der Waals surface area contributed by atoms with Gasteiger partial charge in [-0.25, -0.2) is 0 Å². The zero-order valence-electron chi connectivity index (χ0n) is 9.73. The Morgan fingerprint density at radius 1 is 1.43 bits per heavy atom. The van der Waals surface area contributed by atoms with E-state index in [0.717, 1.165) is 26.1 Å². The normalized spacial score (nSPS) is 22.9. The van der Waals surface area contributed by atoms with Gasteiger partial charge in [0.25, 0.3) is 0 Å². The number of likely N-dealkylation sites (N-methyl/N-ethyl adjacent to an activating group) is 1. The van der Waals surface area contributed by atoms with E-state index in [0.29, 0.717) is 6.10 Å². The Kier molecular flexibility index (Phi) is 4.85. The van der Waals surface area contributed by atoms with Crippen molar-refractivity contribution >= 4 is 0 Å². The number of ether oxygens (including phenoxy) is 1. The van der Waals surface area contributed by atoms with Crippen molar-refractivity contribution in [3.63, 3.8) is 0 Å². The second-order valence-corrected chi connectivity index (χ2v) is 4.73. The maximum Gasteiger partial charge on any atom is 0.0588 e. The van der Waals surface area contributed by atoms with Gasteiger partial charge in [-0.15, -0.1) is 0 Å². The van der Waals surface area contributed by atoms with Crippen molar-refractivity contribution in [2.24, 2.45) is 0 Å². The van der Waals surface area contributed by atoms with Gasteiger partial charge in [0, 0.05) is 18.7 Å². The molecule has 0 aromatic carbocycles. The van der Waals surface area contributed by atoms with Gasteiger partial charge in [-0.05, 0) is 46.7 Å². The third kappa shape index (κ3) is 4.40. The summed E-state index contributed by atoms with van der Waals surface area (Å²) in [6.45, 7) is 7.44. The van der Waals surface area contributed by atoms with Crippen LogP contribution in [-0.4, -0.2) is 38.4 Å². The first-order valence-corrected chi connectivity index (χ1v) is 5.65. The molecule has 1 fully saturated rings. The Balaban J connectivity index is 1.98. The number of hydrogen-bond donors (Lipinski definition) is 2. The summed E-state index contributed by atoms with van der Waals surface area (Å²) in [5.41, 5.74) is 0.191. The lowest BCUT2D eigenvalue weighted by Gasteiger charge is -2.24. The summed E-state index contributed by atoms with van der Waals surface area (Å²) >= 11 is 0. The molecule has 1 atom stereocenters. The van der Waals surface area contributed by atoms with E-state index in [1.807, 2.05) is 7.05 Å². The quantitative estimate of drug-likeness (QED) is 0.631. The molecule has 1 rings (SSSR count). The van der Waals surface area contributed by atoms with E-state index in [4.69, 9.17) is 4.74 Å². The van der Waals surface area contributed by atoms with E-state index in [2.05, 4.69) is 24.5 Å². The van der Waals surface area contributed by atoms with Crippen LogP contribution in [0.4, 0.5) is 0 Å². The molecule has 1 aliphatic rings. The highest BCUT2D eigenvalue weighted by molar-refractivity contribution is 4.78. The van der Waals surface area contributed by atoms with Gasteiger partial charge in [-0.3, -0.25) is 0 Å². The smallest absolute Gasteiger partial charge is 0.0588 e. The lowest BCUT2D eigenvalue weighted by molar-refractivity contribution is 0.104. The fourth-order valence-electron chi connectivity index (χ4n) is 1.62. The molecule has 1 unspecified atom stereocenters. The number of hydrogen-bond acceptors (Lipinski definition) is 3. The van der Waals surface area contributed by atoms with Gasteiger partial charge in [0.15, 0.2) is 0 Å². The Hall–Kier alpha value is -0.120. The lowest BCUT2D eigenvalue weighted by Crippen LogP contribution is -2.46. The molecule has 2 N–H and O–H groups in total. The van der Waals surface area contributed by atoms with E-state index in [-0.39, 0.29) is 5.54 Å². The van der Waals surface area contributed by atoms with Crippen LogP contribution in [0.15, 0.2) is 0 Å². The second kappa shape index (κ2) is 5.69. The van der Waals surface area contributed by atoms with Gasteiger partial charge in [0.1, 0.15) is 0 Å². The largest absolute Gasteiger partial charge is 0.378 e. The number of rotatable bonds is 6. The van der Waals surface area contributed by atoms with Crippen molar-refractivity contribution in [3.05, 3.63) is 0 Å². The standard InChI is InChI=1S/C11H24N2O/c1-11(2,12-3)9-13-7-6-10-5-4-8-14-10/h10,12-13H,4-9H2,1-3H3. The first-order chi connectivity index (χ1) is 6.64. The molecule has 1 heterocycles. The van der Waals surface area contributed by atoms with E-state index in [9.17, 15) is 0 Å². The van der Waals surface area contributed by atoms with Gasteiger partial charge in [-0.2, -0.15) is 0 Å². The van der Waals surface area contributed by atoms with Gasteiger partial charge in [-0.1, -0.05) is 0 Å². The molecule has 1 aliphatic heterocycles. The van der Waals surface area contributed by atoms with Crippen LogP contribution in [0, 0.1) is 0 Å². The number of nitrogens with one attached hydrogen (secondary N) is 2. The summed E-state index contributed by atoms with van der Waals surface area (Å²) in [7, 11) is 2.00. The highest BCUT2D eigenvalue weighted by Gasteiger charge is 2.16. The monoisotopic (exact) mass is 200 g/mol. The molecule has 0 bridgehead atoms. The van der Waals surface area contributed by atoms with Crippen molar-refractivity contribution in [3.8, 4) is 0 Å². The average molecular weight is 200 g/mol. The molecule has 3 nitrogen and oxygen atoms in total. The molecule has 0 amide bonds. The topological polar surface area (TPSA) is 33.3 Å². The highest BCUT2D eigenvalue weighted by atomic mass is 16.5. The molecule has 3 heteroatoms. The van der Waals surface area contributed by atoms with Crippen LogP contribution in [0.25, 0.3) is 0 Å². The Morgan fingerprint density at radius 2 is 2.21 bits per heavy atom. The third-order valence-electron chi connectivity index (χ3n) is 2.91. The first-order valence-electron chi connectivity index (χ1n) is 5.65. The first kappa shape index (κ1) is 12.0. The van der Waals surface area contributed by atoms with E-state index in [1.54, 1.807) is 0 Å². The van der Waals surface area contributed by atoms with Gasteiger partial charge in [0.2, 0.25) is 0 Å². The molecule has 0 radical (unpaired) electrons.